The summed E-state index contributed by atoms with van der Waals surface area (Å²) in [6, 6.07) is 7.18. The van der Waals surface area contributed by atoms with E-state index >= 15 is 0 Å². The van der Waals surface area contributed by atoms with Crippen LogP contribution in [0.1, 0.15) is 23.7 Å². The van der Waals surface area contributed by atoms with Crippen molar-refractivity contribution in [3.63, 3.8) is 0 Å². The van der Waals surface area contributed by atoms with Crippen LogP contribution in [0.4, 0.5) is 5.82 Å². The van der Waals surface area contributed by atoms with Crippen LogP contribution in [0.15, 0.2) is 24.3 Å². The van der Waals surface area contributed by atoms with E-state index in [1.807, 2.05) is 19.1 Å². The second-order valence-corrected chi connectivity index (χ2v) is 4.43. The number of carbonyl (C=O) groups excluding carboxylic acids is 1. The Morgan fingerprint density at radius 1 is 1.39 bits per heavy atom. The predicted molar refractivity (Wildman–Crippen MR) is 72.8 cm³/mol. The first-order valence-corrected chi connectivity index (χ1v) is 6.12. The van der Waals surface area contributed by atoms with Gasteiger partial charge in [0.25, 0.3) is 0 Å². The third-order valence-corrected chi connectivity index (χ3v) is 2.95. The number of rotatable bonds is 4. The maximum atomic E-state index is 11.1. The van der Waals surface area contributed by atoms with E-state index in [-0.39, 0.29) is 0 Å². The van der Waals surface area contributed by atoms with E-state index in [0.29, 0.717) is 28.6 Å². The monoisotopic (exact) mass is 263 g/mol. The van der Waals surface area contributed by atoms with Crippen molar-refractivity contribution in [1.29, 1.82) is 0 Å². The molecule has 1 aromatic carbocycles. The predicted octanol–water partition coefficient (Wildman–Crippen LogP) is 3.01. The van der Waals surface area contributed by atoms with E-state index in [4.69, 9.17) is 17.3 Å². The summed E-state index contributed by atoms with van der Waals surface area (Å²) in [6.07, 6.45) is 1.66. The number of nitrogens with two attached hydrogens (primary N) is 1. The summed E-state index contributed by atoms with van der Waals surface area (Å²) in [5.74, 6) is 0.414. The van der Waals surface area contributed by atoms with Crippen LogP contribution < -0.4 is 5.73 Å². The van der Waals surface area contributed by atoms with Crippen molar-refractivity contribution in [2.75, 3.05) is 5.73 Å². The number of anilines is 1. The van der Waals surface area contributed by atoms with Crippen LogP contribution in [0.25, 0.3) is 11.3 Å². The summed E-state index contributed by atoms with van der Waals surface area (Å²) in [5, 5.41) is 5.03. The second kappa shape index (κ2) is 5.23. The first kappa shape index (κ1) is 12.6. The van der Waals surface area contributed by atoms with Gasteiger partial charge in [-0.15, -0.1) is 0 Å². The van der Waals surface area contributed by atoms with E-state index in [1.165, 1.54) is 0 Å². The highest BCUT2D eigenvalue weighted by atomic mass is 35.5. The van der Waals surface area contributed by atoms with Crippen molar-refractivity contribution in [1.82, 2.24) is 9.78 Å². The Kier molecular flexibility index (Phi) is 3.67. The molecule has 94 valence electrons. The van der Waals surface area contributed by atoms with E-state index in [9.17, 15) is 4.79 Å². The van der Waals surface area contributed by atoms with Crippen LogP contribution in [-0.2, 0) is 6.54 Å². The largest absolute Gasteiger partial charge is 0.383 e. The van der Waals surface area contributed by atoms with Crippen LogP contribution >= 0.6 is 11.6 Å². The van der Waals surface area contributed by atoms with Crippen LogP contribution in [0, 0.1) is 0 Å². The Labute approximate surface area is 110 Å². The lowest BCUT2D eigenvalue weighted by atomic mass is 10.1. The fourth-order valence-electron chi connectivity index (χ4n) is 1.81. The molecule has 18 heavy (non-hydrogen) atoms. The number of nitrogen functional groups attached to an aromatic ring is 1. The van der Waals surface area contributed by atoms with Gasteiger partial charge in [0, 0.05) is 17.1 Å². The molecule has 2 rings (SSSR count). The quantitative estimate of drug-likeness (QED) is 0.863. The fraction of sp³-hybridized carbons (Fsp3) is 0.231. The first-order valence-electron chi connectivity index (χ1n) is 5.74. The Hall–Kier alpha value is -1.81. The maximum Gasteiger partial charge on any atom is 0.156 e. The normalized spacial score (nSPS) is 10.6. The highest BCUT2D eigenvalue weighted by Gasteiger charge is 2.15. The summed E-state index contributed by atoms with van der Waals surface area (Å²) in [7, 11) is 0. The molecule has 2 N–H and O–H groups in total. The van der Waals surface area contributed by atoms with Gasteiger partial charge in [-0.2, -0.15) is 5.10 Å². The molecule has 4 nitrogen and oxygen atoms in total. The Bertz CT molecular complexity index is 560. The summed E-state index contributed by atoms with van der Waals surface area (Å²) in [5.41, 5.74) is 7.79. The molecule has 0 spiro atoms. The van der Waals surface area contributed by atoms with Gasteiger partial charge in [-0.25, -0.2) is 4.68 Å². The lowest BCUT2D eigenvalue weighted by Gasteiger charge is -1.99. The average molecular weight is 264 g/mol. The summed E-state index contributed by atoms with van der Waals surface area (Å²) in [4.78, 5) is 11.1. The molecule has 1 aromatic heterocycles. The summed E-state index contributed by atoms with van der Waals surface area (Å²) in [6.45, 7) is 2.73. The number of hydrogen-bond donors (Lipinski definition) is 1. The average Bonchev–Trinajstić information content (AvgIpc) is 2.68. The number of aryl methyl sites for hydroxylation is 1. The SMILES string of the molecule is CCCn1nc(-c2ccc(Cl)cc2)c(C=O)c1N. The van der Waals surface area contributed by atoms with Gasteiger partial charge in [-0.05, 0) is 18.6 Å². The molecule has 0 atom stereocenters. The molecule has 1 heterocycles. The minimum atomic E-state index is 0.414. The van der Waals surface area contributed by atoms with Gasteiger partial charge in [0.15, 0.2) is 6.29 Å². The van der Waals surface area contributed by atoms with Crippen molar-refractivity contribution in [2.45, 2.75) is 19.9 Å². The van der Waals surface area contributed by atoms with Gasteiger partial charge in [0.05, 0.1) is 5.56 Å². The van der Waals surface area contributed by atoms with Crippen LogP contribution in [0.3, 0.4) is 0 Å². The number of hydrogen-bond acceptors (Lipinski definition) is 3. The van der Waals surface area contributed by atoms with Gasteiger partial charge in [0.1, 0.15) is 11.5 Å². The number of nitrogens with zero attached hydrogens (tertiary/aromatic N) is 2. The zero-order valence-corrected chi connectivity index (χ0v) is 10.8. The van der Waals surface area contributed by atoms with Gasteiger partial charge >= 0.3 is 0 Å². The molecule has 0 aliphatic rings. The molecule has 5 heteroatoms. The van der Waals surface area contributed by atoms with Crippen molar-refractivity contribution < 1.29 is 4.79 Å². The zero-order chi connectivity index (χ0) is 13.1. The van der Waals surface area contributed by atoms with Crippen LogP contribution in [0.5, 0.6) is 0 Å². The lowest BCUT2D eigenvalue weighted by molar-refractivity contribution is 0.112. The molecular weight excluding hydrogens is 250 g/mol. The van der Waals surface area contributed by atoms with Crippen molar-refractivity contribution >= 4 is 23.7 Å². The van der Waals surface area contributed by atoms with Crippen LogP contribution in [-0.4, -0.2) is 16.1 Å². The standard InChI is InChI=1S/C13H14ClN3O/c1-2-7-17-13(15)11(8-18)12(16-17)9-3-5-10(14)6-4-9/h3-6,8H,2,7,15H2,1H3. The van der Waals surface area contributed by atoms with Crippen molar-refractivity contribution in [2.24, 2.45) is 0 Å². The van der Waals surface area contributed by atoms with Gasteiger partial charge < -0.3 is 5.73 Å². The third kappa shape index (κ3) is 2.24. The van der Waals surface area contributed by atoms with Gasteiger partial charge in [-0.1, -0.05) is 30.7 Å². The van der Waals surface area contributed by atoms with Gasteiger partial charge in [-0.3, -0.25) is 4.79 Å². The van der Waals surface area contributed by atoms with E-state index in [1.54, 1.807) is 16.8 Å². The molecule has 0 radical (unpaired) electrons. The molecule has 0 saturated carbocycles. The molecule has 0 amide bonds. The summed E-state index contributed by atoms with van der Waals surface area (Å²) < 4.78 is 1.66. The molecule has 0 aliphatic carbocycles. The zero-order valence-electron chi connectivity index (χ0n) is 10.1. The third-order valence-electron chi connectivity index (χ3n) is 2.70. The second-order valence-electron chi connectivity index (χ2n) is 4.00. The first-order chi connectivity index (χ1) is 8.67. The minimum Gasteiger partial charge on any atom is -0.383 e. The van der Waals surface area contributed by atoms with E-state index in [2.05, 4.69) is 5.10 Å². The Balaban J connectivity index is 2.52. The topological polar surface area (TPSA) is 60.9 Å². The molecular formula is C13H14ClN3O. The van der Waals surface area contributed by atoms with Crippen LogP contribution in [0.2, 0.25) is 5.02 Å². The molecule has 0 bridgehead atoms. The molecule has 0 fully saturated rings. The van der Waals surface area contributed by atoms with Gasteiger partial charge in [0.2, 0.25) is 0 Å². The number of aldehydes is 1. The van der Waals surface area contributed by atoms with Crippen molar-refractivity contribution in [3.8, 4) is 11.3 Å². The number of aromatic nitrogens is 2. The molecule has 2 aromatic rings. The molecule has 0 unspecified atom stereocenters. The highest BCUT2D eigenvalue weighted by Crippen LogP contribution is 2.27. The highest BCUT2D eigenvalue weighted by molar-refractivity contribution is 6.30. The Morgan fingerprint density at radius 3 is 2.61 bits per heavy atom. The number of carbonyl (C=O) groups is 1. The van der Waals surface area contributed by atoms with E-state index < -0.39 is 0 Å². The van der Waals surface area contributed by atoms with E-state index in [0.717, 1.165) is 18.3 Å². The molecule has 0 saturated heterocycles. The number of halogens is 1. The lowest BCUT2D eigenvalue weighted by Crippen LogP contribution is -2.04. The fourth-order valence-corrected chi connectivity index (χ4v) is 1.93. The molecule has 0 aliphatic heterocycles. The number of benzene rings is 1. The smallest absolute Gasteiger partial charge is 0.156 e. The summed E-state index contributed by atoms with van der Waals surface area (Å²) >= 11 is 5.84. The maximum absolute atomic E-state index is 11.1. The Morgan fingerprint density at radius 2 is 2.06 bits per heavy atom. The minimum absolute atomic E-state index is 0.414. The van der Waals surface area contributed by atoms with Crippen molar-refractivity contribution in [3.05, 3.63) is 34.9 Å².